The van der Waals surface area contributed by atoms with E-state index in [1.54, 1.807) is 18.2 Å². The maximum Gasteiger partial charge on any atom is 0.336 e. The minimum atomic E-state index is -1.02. The topological polar surface area (TPSA) is 84.9 Å². The van der Waals surface area contributed by atoms with Crippen LogP contribution in [-0.4, -0.2) is 25.0 Å². The van der Waals surface area contributed by atoms with Crippen molar-refractivity contribution in [3.8, 4) is 11.5 Å². The molecule has 1 aliphatic heterocycles. The number of hydrogen-bond donors (Lipinski definition) is 1. The van der Waals surface area contributed by atoms with E-state index < -0.39 is 23.7 Å². The van der Waals surface area contributed by atoms with Gasteiger partial charge in [0.25, 0.3) is 11.8 Å². The lowest BCUT2D eigenvalue weighted by Crippen LogP contribution is -2.54. The molecule has 0 aromatic heterocycles. The molecule has 3 aromatic carbocycles. The van der Waals surface area contributed by atoms with E-state index in [1.165, 1.54) is 31.4 Å². The Morgan fingerprint density at radius 3 is 2.34 bits per heavy atom. The van der Waals surface area contributed by atoms with Gasteiger partial charge in [0.05, 0.1) is 12.8 Å². The summed E-state index contributed by atoms with van der Waals surface area (Å²) >= 11 is 0. The van der Waals surface area contributed by atoms with Crippen LogP contribution in [0.3, 0.4) is 0 Å². The largest absolute Gasteiger partial charge is 0.493 e. The third kappa shape index (κ3) is 5.06. The number of urea groups is 1. The minimum absolute atomic E-state index is 0.249. The van der Waals surface area contributed by atoms with Crippen molar-refractivity contribution in [1.82, 2.24) is 5.32 Å². The van der Waals surface area contributed by atoms with E-state index in [0.29, 0.717) is 28.6 Å². The zero-order valence-corrected chi connectivity index (χ0v) is 19.4. The molecule has 1 saturated heterocycles. The fourth-order valence-corrected chi connectivity index (χ4v) is 3.88. The summed E-state index contributed by atoms with van der Waals surface area (Å²) in [6, 6.07) is 15.4. The summed E-state index contributed by atoms with van der Waals surface area (Å²) in [4.78, 5) is 38.3. The Hall–Kier alpha value is -4.46. The first-order chi connectivity index (χ1) is 16.8. The fourth-order valence-electron chi connectivity index (χ4n) is 3.88. The number of aryl methyl sites for hydroxylation is 2. The summed E-state index contributed by atoms with van der Waals surface area (Å²) in [6.45, 7) is 4.37. The molecule has 0 saturated carbocycles. The molecular formula is C27H23FN2O5. The molecular weight excluding hydrogens is 451 g/mol. The number of methoxy groups -OCH3 is 1. The van der Waals surface area contributed by atoms with Gasteiger partial charge in [-0.3, -0.25) is 14.9 Å². The first-order valence-corrected chi connectivity index (χ1v) is 10.8. The van der Waals surface area contributed by atoms with Crippen LogP contribution < -0.4 is 19.7 Å². The molecule has 0 unspecified atom stereocenters. The van der Waals surface area contributed by atoms with E-state index in [9.17, 15) is 18.8 Å². The van der Waals surface area contributed by atoms with Crippen LogP contribution in [0.4, 0.5) is 14.9 Å². The lowest BCUT2D eigenvalue weighted by atomic mass is 10.1. The highest BCUT2D eigenvalue weighted by Crippen LogP contribution is 2.31. The highest BCUT2D eigenvalue weighted by molar-refractivity contribution is 6.39. The van der Waals surface area contributed by atoms with E-state index in [4.69, 9.17) is 9.47 Å². The Morgan fingerprint density at radius 2 is 1.66 bits per heavy atom. The van der Waals surface area contributed by atoms with E-state index in [0.717, 1.165) is 22.8 Å². The Balaban J connectivity index is 1.60. The number of amides is 4. The summed E-state index contributed by atoms with van der Waals surface area (Å²) in [7, 11) is 1.48. The molecule has 4 rings (SSSR count). The van der Waals surface area contributed by atoms with Crippen LogP contribution in [0, 0.1) is 19.7 Å². The third-order valence-corrected chi connectivity index (χ3v) is 5.37. The van der Waals surface area contributed by atoms with Crippen molar-refractivity contribution in [2.75, 3.05) is 12.0 Å². The summed E-state index contributed by atoms with van der Waals surface area (Å²) in [5, 5.41) is 2.08. The number of nitrogens with zero attached hydrogens (tertiary/aromatic N) is 1. The molecule has 0 atom stereocenters. The van der Waals surface area contributed by atoms with E-state index >= 15 is 0 Å². The van der Waals surface area contributed by atoms with Crippen molar-refractivity contribution in [2.45, 2.75) is 20.5 Å². The van der Waals surface area contributed by atoms with Gasteiger partial charge in [0.15, 0.2) is 11.5 Å². The van der Waals surface area contributed by atoms with Crippen LogP contribution >= 0.6 is 0 Å². The number of para-hydroxylation sites is 1. The molecule has 8 heteroatoms. The molecule has 0 radical (unpaired) electrons. The second-order valence-corrected chi connectivity index (χ2v) is 8.10. The zero-order chi connectivity index (χ0) is 25.1. The molecule has 35 heavy (non-hydrogen) atoms. The van der Waals surface area contributed by atoms with Crippen molar-refractivity contribution in [3.63, 3.8) is 0 Å². The number of carbonyl (C=O) groups excluding carboxylic acids is 3. The summed E-state index contributed by atoms with van der Waals surface area (Å²) < 4.78 is 25.6. The third-order valence-electron chi connectivity index (χ3n) is 5.37. The molecule has 0 bridgehead atoms. The van der Waals surface area contributed by atoms with Gasteiger partial charge in [-0.1, -0.05) is 47.5 Å². The molecule has 1 heterocycles. The SMILES string of the molecule is COc1cc(/C=C2/C(=O)NC(=O)N(c3ccccc3F)C2=O)ccc1OCc1cc(C)cc(C)c1. The van der Waals surface area contributed by atoms with Crippen LogP contribution in [0.2, 0.25) is 0 Å². The van der Waals surface area contributed by atoms with Gasteiger partial charge in [-0.15, -0.1) is 0 Å². The van der Waals surface area contributed by atoms with Crippen molar-refractivity contribution in [3.05, 3.63) is 94.3 Å². The van der Waals surface area contributed by atoms with Crippen molar-refractivity contribution < 1.29 is 28.2 Å². The average Bonchev–Trinajstić information content (AvgIpc) is 2.81. The molecule has 0 aliphatic carbocycles. The average molecular weight is 474 g/mol. The van der Waals surface area contributed by atoms with E-state index in [1.807, 2.05) is 26.0 Å². The monoisotopic (exact) mass is 474 g/mol. The number of benzene rings is 3. The normalized spacial score (nSPS) is 14.8. The van der Waals surface area contributed by atoms with Crippen molar-refractivity contribution >= 4 is 29.6 Å². The predicted octanol–water partition coefficient (Wildman–Crippen LogP) is 4.70. The van der Waals surface area contributed by atoms with Crippen LogP contribution in [0.25, 0.3) is 6.08 Å². The first-order valence-electron chi connectivity index (χ1n) is 10.8. The zero-order valence-electron chi connectivity index (χ0n) is 19.4. The highest BCUT2D eigenvalue weighted by atomic mass is 19.1. The summed E-state index contributed by atoms with van der Waals surface area (Å²) in [5.41, 5.74) is 3.17. The Kier molecular flexibility index (Phi) is 6.64. The maximum absolute atomic E-state index is 14.2. The van der Waals surface area contributed by atoms with Gasteiger partial charge in [-0.25, -0.2) is 14.1 Å². The number of ether oxygens (including phenoxy) is 2. The fraction of sp³-hybridized carbons (Fsp3) is 0.148. The van der Waals surface area contributed by atoms with Crippen molar-refractivity contribution in [2.24, 2.45) is 0 Å². The molecule has 4 amide bonds. The maximum atomic E-state index is 14.2. The molecule has 7 nitrogen and oxygen atoms in total. The predicted molar refractivity (Wildman–Crippen MR) is 129 cm³/mol. The number of barbiturate groups is 1. The highest BCUT2D eigenvalue weighted by Gasteiger charge is 2.37. The number of nitrogens with one attached hydrogen (secondary N) is 1. The van der Waals surface area contributed by atoms with E-state index in [-0.39, 0.29) is 11.3 Å². The van der Waals surface area contributed by atoms with Crippen LogP contribution in [-0.2, 0) is 16.2 Å². The van der Waals surface area contributed by atoms with E-state index in [2.05, 4.69) is 11.4 Å². The van der Waals surface area contributed by atoms with Gasteiger partial charge >= 0.3 is 6.03 Å². The number of halogens is 1. The molecule has 3 aromatic rings. The second kappa shape index (κ2) is 9.80. The second-order valence-electron chi connectivity index (χ2n) is 8.10. The smallest absolute Gasteiger partial charge is 0.336 e. The molecule has 1 aliphatic rings. The molecule has 178 valence electrons. The Morgan fingerprint density at radius 1 is 0.943 bits per heavy atom. The minimum Gasteiger partial charge on any atom is -0.493 e. The Labute approximate surface area is 201 Å². The van der Waals surface area contributed by atoms with Gasteiger partial charge in [0.2, 0.25) is 0 Å². The number of carbonyl (C=O) groups is 3. The summed E-state index contributed by atoms with van der Waals surface area (Å²) in [5.74, 6) is -1.69. The molecule has 1 fully saturated rings. The number of anilines is 1. The van der Waals surface area contributed by atoms with Gasteiger partial charge in [0.1, 0.15) is 18.0 Å². The van der Waals surface area contributed by atoms with Crippen LogP contribution in [0.1, 0.15) is 22.3 Å². The lowest BCUT2D eigenvalue weighted by molar-refractivity contribution is -0.122. The number of hydrogen-bond acceptors (Lipinski definition) is 5. The lowest BCUT2D eigenvalue weighted by Gasteiger charge is -2.26. The Bertz CT molecular complexity index is 1350. The standard InChI is InChI=1S/C27H23FN2O5/c1-16-10-17(2)12-19(11-16)15-35-23-9-8-18(14-24(23)34-3)13-20-25(31)29-27(33)30(26(20)32)22-7-5-4-6-21(22)28/h4-14H,15H2,1-3H3,(H,29,31,33)/b20-13-. The van der Waals surface area contributed by atoms with Gasteiger partial charge < -0.3 is 9.47 Å². The number of imide groups is 2. The molecule has 0 spiro atoms. The van der Waals surface area contributed by atoms with Crippen LogP contribution in [0.15, 0.2) is 66.2 Å². The number of rotatable bonds is 6. The van der Waals surface area contributed by atoms with Gasteiger partial charge in [-0.2, -0.15) is 0 Å². The molecule has 1 N–H and O–H groups in total. The van der Waals surface area contributed by atoms with Gasteiger partial charge in [-0.05, 0) is 55.3 Å². The van der Waals surface area contributed by atoms with Gasteiger partial charge in [0, 0.05) is 0 Å². The van der Waals surface area contributed by atoms with Crippen LogP contribution in [0.5, 0.6) is 11.5 Å². The van der Waals surface area contributed by atoms with Crippen molar-refractivity contribution in [1.29, 1.82) is 0 Å². The first kappa shape index (κ1) is 23.7. The quantitative estimate of drug-likeness (QED) is 0.414. The summed E-state index contributed by atoms with van der Waals surface area (Å²) in [6.07, 6.45) is 1.31.